The number of halogens is 3. The zero-order valence-electron chi connectivity index (χ0n) is 14.1. The fourth-order valence-corrected chi connectivity index (χ4v) is 3.10. The van der Waals surface area contributed by atoms with Gasteiger partial charge in [0, 0.05) is 29.1 Å². The van der Waals surface area contributed by atoms with Crippen LogP contribution < -0.4 is 5.32 Å². The van der Waals surface area contributed by atoms with Gasteiger partial charge in [-0.25, -0.2) is 15.0 Å². The molecular weight excluding hydrogens is 440 g/mol. The van der Waals surface area contributed by atoms with Gasteiger partial charge >= 0.3 is 6.43 Å². The molecule has 0 saturated carbocycles. The highest BCUT2D eigenvalue weighted by Gasteiger charge is 2.17. The molecule has 0 fully saturated rings. The van der Waals surface area contributed by atoms with Crippen molar-refractivity contribution in [1.82, 2.24) is 29.7 Å². The Bertz CT molecular complexity index is 1110. The summed E-state index contributed by atoms with van der Waals surface area (Å²) in [6.45, 7) is 0.413. The van der Waals surface area contributed by atoms with E-state index in [2.05, 4.69) is 46.4 Å². The Morgan fingerprint density at radius 1 is 1.18 bits per heavy atom. The van der Waals surface area contributed by atoms with E-state index in [0.717, 1.165) is 15.5 Å². The first-order valence-corrected chi connectivity index (χ1v) is 8.80. The fourth-order valence-electron chi connectivity index (χ4n) is 2.55. The first kappa shape index (κ1) is 18.4. The lowest BCUT2D eigenvalue weighted by Gasteiger charge is -2.08. The van der Waals surface area contributed by atoms with Crippen LogP contribution in [0.15, 0.2) is 39.7 Å². The largest absolute Gasteiger partial charge is 0.415 e. The number of aliphatic hydroxyl groups is 1. The minimum Gasteiger partial charge on any atom is -0.415 e. The average Bonchev–Trinajstić information content (AvgIpc) is 3.31. The maximum absolute atomic E-state index is 12.5. The molecule has 0 saturated heterocycles. The summed E-state index contributed by atoms with van der Waals surface area (Å²) in [5, 5.41) is 19.0. The van der Waals surface area contributed by atoms with Crippen molar-refractivity contribution < 1.29 is 18.3 Å². The molecule has 0 aliphatic heterocycles. The van der Waals surface area contributed by atoms with E-state index < -0.39 is 12.3 Å². The van der Waals surface area contributed by atoms with Crippen molar-refractivity contribution in [3.63, 3.8) is 0 Å². The summed E-state index contributed by atoms with van der Waals surface area (Å²) in [7, 11) is 0. The van der Waals surface area contributed by atoms with Gasteiger partial charge in [0.15, 0.2) is 0 Å². The van der Waals surface area contributed by atoms with E-state index in [1.807, 2.05) is 16.7 Å². The molecule has 0 amide bonds. The number of anilines is 2. The van der Waals surface area contributed by atoms with E-state index >= 15 is 0 Å². The summed E-state index contributed by atoms with van der Waals surface area (Å²) in [6.07, 6.45) is 1.60. The van der Waals surface area contributed by atoms with Crippen molar-refractivity contribution in [2.45, 2.75) is 13.0 Å². The van der Waals surface area contributed by atoms with E-state index in [4.69, 9.17) is 9.52 Å². The summed E-state index contributed by atoms with van der Waals surface area (Å²) >= 11 is 3.47. The normalized spacial score (nSPS) is 11.5. The van der Waals surface area contributed by atoms with Gasteiger partial charge in [-0.05, 0) is 28.1 Å². The van der Waals surface area contributed by atoms with Gasteiger partial charge in [-0.1, -0.05) is 0 Å². The van der Waals surface area contributed by atoms with Crippen molar-refractivity contribution in [3.8, 4) is 11.5 Å². The van der Waals surface area contributed by atoms with Gasteiger partial charge in [-0.3, -0.25) is 0 Å². The van der Waals surface area contributed by atoms with Crippen LogP contribution in [-0.4, -0.2) is 41.4 Å². The fraction of sp³-hybridized carbons (Fsp3) is 0.188. The lowest BCUT2D eigenvalue weighted by molar-refractivity contribution is 0.116. The first-order valence-electron chi connectivity index (χ1n) is 8.01. The predicted octanol–water partition coefficient (Wildman–Crippen LogP) is 3.31. The van der Waals surface area contributed by atoms with Gasteiger partial charge in [0.1, 0.15) is 5.52 Å². The lowest BCUT2D eigenvalue weighted by Crippen LogP contribution is -2.01. The van der Waals surface area contributed by atoms with Crippen LogP contribution in [0.5, 0.6) is 0 Å². The number of fused-ring (bicyclic) bond motifs is 1. The van der Waals surface area contributed by atoms with Crippen LogP contribution in [0.1, 0.15) is 12.3 Å². The second-order valence-electron chi connectivity index (χ2n) is 5.65. The highest BCUT2D eigenvalue weighted by molar-refractivity contribution is 9.10. The second kappa shape index (κ2) is 7.56. The number of aliphatic hydroxyl groups excluding tert-OH is 1. The van der Waals surface area contributed by atoms with Crippen LogP contribution in [0, 0.1) is 0 Å². The SMILES string of the molecule is OCCn1cnc2c(Br)cc(Nc3ncc(-c4nnc(C(F)F)o4)cn3)cc21. The van der Waals surface area contributed by atoms with E-state index in [0.29, 0.717) is 17.8 Å². The van der Waals surface area contributed by atoms with Gasteiger partial charge < -0.3 is 19.4 Å². The molecule has 9 nitrogen and oxygen atoms in total. The number of aromatic nitrogens is 6. The Hall–Kier alpha value is -2.99. The summed E-state index contributed by atoms with van der Waals surface area (Å²) < 4.78 is 32.5. The number of alkyl halides is 2. The van der Waals surface area contributed by atoms with Gasteiger partial charge in [-0.15, -0.1) is 10.2 Å². The molecular formula is C16H12BrF2N7O2. The highest BCUT2D eigenvalue weighted by Crippen LogP contribution is 2.29. The smallest absolute Gasteiger partial charge is 0.314 e. The Balaban J connectivity index is 1.58. The number of imidazole rings is 1. The van der Waals surface area contributed by atoms with Gasteiger partial charge in [0.05, 0.1) is 24.0 Å². The number of hydrogen-bond donors (Lipinski definition) is 2. The minimum atomic E-state index is -2.84. The van der Waals surface area contributed by atoms with Gasteiger partial charge in [0.2, 0.25) is 5.95 Å². The summed E-state index contributed by atoms with van der Waals surface area (Å²) in [4.78, 5) is 12.6. The highest BCUT2D eigenvalue weighted by atomic mass is 79.9. The number of hydrogen-bond acceptors (Lipinski definition) is 8. The monoisotopic (exact) mass is 451 g/mol. The molecule has 12 heteroatoms. The maximum Gasteiger partial charge on any atom is 0.314 e. The number of nitrogens with zero attached hydrogens (tertiary/aromatic N) is 6. The summed E-state index contributed by atoms with van der Waals surface area (Å²) in [5.41, 5.74) is 2.61. The van der Waals surface area contributed by atoms with Crippen molar-refractivity contribution in [3.05, 3.63) is 41.2 Å². The zero-order valence-corrected chi connectivity index (χ0v) is 15.6. The topological polar surface area (TPSA) is 115 Å². The van der Waals surface area contributed by atoms with Crippen LogP contribution in [0.25, 0.3) is 22.5 Å². The summed E-state index contributed by atoms with van der Waals surface area (Å²) in [6, 6.07) is 3.68. The van der Waals surface area contributed by atoms with Crippen molar-refractivity contribution in [2.24, 2.45) is 0 Å². The number of benzene rings is 1. The maximum atomic E-state index is 12.5. The van der Waals surface area contributed by atoms with Crippen LogP contribution in [0.4, 0.5) is 20.4 Å². The summed E-state index contributed by atoms with van der Waals surface area (Å²) in [5.74, 6) is -0.550. The Morgan fingerprint density at radius 2 is 1.96 bits per heavy atom. The van der Waals surface area contributed by atoms with Gasteiger partial charge in [0.25, 0.3) is 11.8 Å². The van der Waals surface area contributed by atoms with Crippen molar-refractivity contribution >= 4 is 38.6 Å². The quantitative estimate of drug-likeness (QED) is 0.458. The molecule has 4 aromatic rings. The molecule has 3 aromatic heterocycles. The van der Waals surface area contributed by atoms with Crippen molar-refractivity contribution in [2.75, 3.05) is 11.9 Å². The van der Waals surface area contributed by atoms with Crippen LogP contribution >= 0.6 is 15.9 Å². The zero-order chi connectivity index (χ0) is 19.7. The molecule has 0 radical (unpaired) electrons. The number of nitrogens with one attached hydrogen (secondary N) is 1. The second-order valence-corrected chi connectivity index (χ2v) is 6.51. The van der Waals surface area contributed by atoms with E-state index in [-0.39, 0.29) is 18.4 Å². The standard InChI is InChI=1S/C16H12BrF2N7O2/c17-10-3-9(4-11-12(10)22-7-26(11)1-2-27)23-16-20-5-8(6-21-16)14-24-25-15(28-14)13(18)19/h3-7,13,27H,1-2H2,(H,20,21,23). The molecule has 4 rings (SSSR count). The first-order chi connectivity index (χ1) is 13.5. The number of rotatable bonds is 6. The van der Waals surface area contributed by atoms with Gasteiger partial charge in [-0.2, -0.15) is 8.78 Å². The van der Waals surface area contributed by atoms with E-state index in [9.17, 15) is 8.78 Å². The third-order valence-electron chi connectivity index (χ3n) is 3.80. The third-order valence-corrected chi connectivity index (χ3v) is 4.41. The minimum absolute atomic E-state index is 0.00570. The Labute approximate surface area is 164 Å². The molecule has 0 aliphatic carbocycles. The van der Waals surface area contributed by atoms with E-state index in [1.165, 1.54) is 12.4 Å². The van der Waals surface area contributed by atoms with E-state index in [1.54, 1.807) is 6.33 Å². The predicted molar refractivity (Wildman–Crippen MR) is 98.1 cm³/mol. The molecule has 0 aliphatic rings. The Morgan fingerprint density at radius 3 is 2.64 bits per heavy atom. The molecule has 1 aromatic carbocycles. The molecule has 0 atom stereocenters. The third kappa shape index (κ3) is 3.55. The Kier molecular flexibility index (Phi) is 4.96. The lowest BCUT2D eigenvalue weighted by atomic mass is 10.2. The van der Waals surface area contributed by atoms with Crippen LogP contribution in [-0.2, 0) is 6.54 Å². The molecule has 144 valence electrons. The molecule has 0 spiro atoms. The average molecular weight is 452 g/mol. The van der Waals surface area contributed by atoms with Crippen LogP contribution in [0.3, 0.4) is 0 Å². The molecule has 2 N–H and O–H groups in total. The van der Waals surface area contributed by atoms with Crippen LogP contribution in [0.2, 0.25) is 0 Å². The molecule has 0 unspecified atom stereocenters. The molecule has 0 bridgehead atoms. The molecule has 3 heterocycles. The van der Waals surface area contributed by atoms with Crippen molar-refractivity contribution in [1.29, 1.82) is 0 Å². The molecule has 28 heavy (non-hydrogen) atoms.